The molecule has 0 aliphatic rings. The zero-order valence-electron chi connectivity index (χ0n) is 15.6. The predicted octanol–water partition coefficient (Wildman–Crippen LogP) is 4.89. The number of carbonyl (C=O) groups excluding carboxylic acids is 1. The molecule has 5 nitrogen and oxygen atoms in total. The Bertz CT molecular complexity index is 1100. The minimum Gasteiger partial charge on any atom is -0.488 e. The molecule has 3 aromatic carbocycles. The number of carboxylic acid groups (broad SMARTS) is 1. The van der Waals surface area contributed by atoms with Crippen molar-refractivity contribution >= 4 is 23.6 Å². The molecule has 0 aliphatic carbocycles. The average molecular weight is 409 g/mol. The van der Waals surface area contributed by atoms with Gasteiger partial charge in [0.15, 0.2) is 0 Å². The van der Waals surface area contributed by atoms with Crippen LogP contribution in [0.25, 0.3) is 6.08 Å². The van der Waals surface area contributed by atoms with Crippen molar-refractivity contribution in [3.63, 3.8) is 0 Å². The van der Waals surface area contributed by atoms with E-state index in [0.29, 0.717) is 5.56 Å². The summed E-state index contributed by atoms with van der Waals surface area (Å²) in [5.74, 6) is -2.99. The van der Waals surface area contributed by atoms with E-state index in [4.69, 9.17) is 9.84 Å². The van der Waals surface area contributed by atoms with Crippen molar-refractivity contribution in [2.75, 3.05) is 5.32 Å². The van der Waals surface area contributed by atoms with Crippen LogP contribution in [0.3, 0.4) is 0 Å². The standard InChI is InChI=1S/C23H17F2NO4/c24-18-9-10-19(25)20(13-18)26-23(29)17-7-6-16(8-11-22(27)28)21(12-17)30-14-15-4-2-1-3-5-15/h1-13H,14H2,(H,26,29)(H,27,28)/b11-8+. The van der Waals surface area contributed by atoms with Crippen LogP contribution in [0, 0.1) is 11.6 Å². The van der Waals surface area contributed by atoms with Crippen LogP contribution in [0.2, 0.25) is 0 Å². The van der Waals surface area contributed by atoms with Gasteiger partial charge in [0.25, 0.3) is 5.91 Å². The Kier molecular flexibility index (Phi) is 6.54. The molecule has 7 heteroatoms. The molecule has 2 N–H and O–H groups in total. The number of aliphatic carboxylic acids is 1. The van der Waals surface area contributed by atoms with E-state index < -0.39 is 23.5 Å². The highest BCUT2D eigenvalue weighted by molar-refractivity contribution is 6.04. The van der Waals surface area contributed by atoms with Gasteiger partial charge in [-0.05, 0) is 35.9 Å². The van der Waals surface area contributed by atoms with Crippen molar-refractivity contribution in [1.82, 2.24) is 0 Å². The molecule has 0 heterocycles. The molecule has 1 amide bonds. The second-order valence-corrected chi connectivity index (χ2v) is 6.28. The van der Waals surface area contributed by atoms with Gasteiger partial charge in [0.2, 0.25) is 0 Å². The van der Waals surface area contributed by atoms with E-state index in [1.165, 1.54) is 24.3 Å². The fourth-order valence-corrected chi connectivity index (χ4v) is 2.62. The van der Waals surface area contributed by atoms with Gasteiger partial charge in [-0.1, -0.05) is 36.4 Å². The van der Waals surface area contributed by atoms with Gasteiger partial charge in [-0.25, -0.2) is 13.6 Å². The van der Waals surface area contributed by atoms with Crippen LogP contribution in [-0.2, 0) is 11.4 Å². The number of benzene rings is 3. The Morgan fingerprint density at radius 3 is 2.50 bits per heavy atom. The minimum absolute atomic E-state index is 0.134. The number of halogens is 2. The van der Waals surface area contributed by atoms with Gasteiger partial charge in [-0.2, -0.15) is 0 Å². The van der Waals surface area contributed by atoms with Gasteiger partial charge in [0.05, 0.1) is 5.69 Å². The third-order valence-corrected chi connectivity index (χ3v) is 4.09. The number of rotatable bonds is 7. The van der Waals surface area contributed by atoms with E-state index in [1.54, 1.807) is 0 Å². The molecule has 0 bridgehead atoms. The molecular weight excluding hydrogens is 392 g/mol. The number of hydrogen-bond donors (Lipinski definition) is 2. The van der Waals surface area contributed by atoms with Crippen LogP contribution < -0.4 is 10.1 Å². The van der Waals surface area contributed by atoms with Gasteiger partial charge >= 0.3 is 5.97 Å². The highest BCUT2D eigenvalue weighted by atomic mass is 19.1. The first-order chi connectivity index (χ1) is 14.4. The molecule has 3 rings (SSSR count). The topological polar surface area (TPSA) is 75.6 Å². The Morgan fingerprint density at radius 1 is 1.00 bits per heavy atom. The van der Waals surface area contributed by atoms with E-state index in [0.717, 1.165) is 29.8 Å². The first kappa shape index (κ1) is 20.7. The lowest BCUT2D eigenvalue weighted by Gasteiger charge is -2.12. The van der Waals surface area contributed by atoms with Crippen LogP contribution in [0.4, 0.5) is 14.5 Å². The lowest BCUT2D eigenvalue weighted by molar-refractivity contribution is -0.131. The maximum atomic E-state index is 13.8. The summed E-state index contributed by atoms with van der Waals surface area (Å²) in [6, 6.07) is 16.4. The van der Waals surface area contributed by atoms with E-state index >= 15 is 0 Å². The summed E-state index contributed by atoms with van der Waals surface area (Å²) < 4.78 is 32.9. The number of anilines is 1. The number of carboxylic acids is 1. The fourth-order valence-electron chi connectivity index (χ4n) is 2.62. The number of carbonyl (C=O) groups is 2. The van der Waals surface area contributed by atoms with Crippen molar-refractivity contribution in [1.29, 1.82) is 0 Å². The van der Waals surface area contributed by atoms with E-state index in [2.05, 4.69) is 5.32 Å². The van der Waals surface area contributed by atoms with Crippen LogP contribution in [0.1, 0.15) is 21.5 Å². The molecule has 0 spiro atoms. The third kappa shape index (κ3) is 5.51. The molecule has 0 aliphatic heterocycles. The number of ether oxygens (including phenoxy) is 1. The summed E-state index contributed by atoms with van der Waals surface area (Å²) in [4.78, 5) is 23.4. The summed E-state index contributed by atoms with van der Waals surface area (Å²) in [6.45, 7) is 0.193. The Hall–Kier alpha value is -4.00. The monoisotopic (exact) mass is 409 g/mol. The summed E-state index contributed by atoms with van der Waals surface area (Å²) >= 11 is 0. The molecule has 0 aromatic heterocycles. The molecule has 0 saturated carbocycles. The molecule has 0 unspecified atom stereocenters. The van der Waals surface area contributed by atoms with Crippen LogP contribution >= 0.6 is 0 Å². The Morgan fingerprint density at radius 2 is 1.77 bits per heavy atom. The first-order valence-corrected chi connectivity index (χ1v) is 8.90. The smallest absolute Gasteiger partial charge is 0.328 e. The van der Waals surface area contributed by atoms with Crippen LogP contribution in [-0.4, -0.2) is 17.0 Å². The third-order valence-electron chi connectivity index (χ3n) is 4.09. The Balaban J connectivity index is 1.86. The van der Waals surface area contributed by atoms with Gasteiger partial charge < -0.3 is 15.2 Å². The van der Waals surface area contributed by atoms with E-state index in [1.807, 2.05) is 30.3 Å². The summed E-state index contributed by atoms with van der Waals surface area (Å²) in [5.41, 5.74) is 1.17. The second-order valence-electron chi connectivity index (χ2n) is 6.28. The molecular formula is C23H17F2NO4. The largest absolute Gasteiger partial charge is 0.488 e. The molecule has 152 valence electrons. The molecule has 0 saturated heterocycles. The zero-order valence-corrected chi connectivity index (χ0v) is 15.6. The highest BCUT2D eigenvalue weighted by Gasteiger charge is 2.13. The van der Waals surface area contributed by atoms with Crippen molar-refractivity contribution in [3.8, 4) is 5.75 Å². The highest BCUT2D eigenvalue weighted by Crippen LogP contribution is 2.25. The van der Waals surface area contributed by atoms with E-state index in [9.17, 15) is 18.4 Å². The number of nitrogens with one attached hydrogen (secondary N) is 1. The lowest BCUT2D eigenvalue weighted by Crippen LogP contribution is -2.13. The summed E-state index contributed by atoms with van der Waals surface area (Å²) in [5, 5.41) is 11.2. The molecule has 0 fully saturated rings. The van der Waals surface area contributed by atoms with Gasteiger partial charge in [-0.3, -0.25) is 4.79 Å². The maximum Gasteiger partial charge on any atom is 0.328 e. The van der Waals surface area contributed by atoms with Crippen molar-refractivity contribution in [2.45, 2.75) is 6.61 Å². The molecule has 0 radical (unpaired) electrons. The van der Waals surface area contributed by atoms with Crippen molar-refractivity contribution in [2.24, 2.45) is 0 Å². The fraction of sp³-hybridized carbons (Fsp3) is 0.0435. The first-order valence-electron chi connectivity index (χ1n) is 8.90. The lowest BCUT2D eigenvalue weighted by atomic mass is 10.1. The summed E-state index contributed by atoms with van der Waals surface area (Å²) in [6.07, 6.45) is 2.29. The van der Waals surface area contributed by atoms with Gasteiger partial charge in [0.1, 0.15) is 24.0 Å². The predicted molar refractivity (Wildman–Crippen MR) is 108 cm³/mol. The van der Waals surface area contributed by atoms with Crippen LogP contribution in [0.5, 0.6) is 5.75 Å². The quantitative estimate of drug-likeness (QED) is 0.545. The van der Waals surface area contributed by atoms with Crippen molar-refractivity contribution in [3.05, 3.63) is 101 Å². The van der Waals surface area contributed by atoms with E-state index in [-0.39, 0.29) is 23.6 Å². The maximum absolute atomic E-state index is 13.8. The second kappa shape index (κ2) is 9.47. The van der Waals surface area contributed by atoms with Crippen LogP contribution in [0.15, 0.2) is 72.8 Å². The average Bonchev–Trinajstić information content (AvgIpc) is 2.74. The summed E-state index contributed by atoms with van der Waals surface area (Å²) in [7, 11) is 0. The molecule has 0 atom stereocenters. The molecule has 3 aromatic rings. The van der Waals surface area contributed by atoms with Gasteiger partial charge in [-0.15, -0.1) is 0 Å². The SMILES string of the molecule is O=C(O)/C=C/c1ccc(C(=O)Nc2cc(F)ccc2F)cc1OCc1ccccc1. The van der Waals surface area contributed by atoms with Crippen molar-refractivity contribution < 1.29 is 28.2 Å². The number of hydrogen-bond acceptors (Lipinski definition) is 3. The Labute approximate surface area is 171 Å². The molecule has 30 heavy (non-hydrogen) atoms. The zero-order chi connectivity index (χ0) is 21.5. The number of amides is 1. The van der Waals surface area contributed by atoms with Gasteiger partial charge in [0, 0.05) is 23.3 Å². The normalized spacial score (nSPS) is 10.7. The minimum atomic E-state index is -1.13.